The number of ketones is 1. The maximum Gasteiger partial charge on any atom is 0.303 e. The number of Topliss-reactive ketones (excluding diaryl/α,β-unsaturated/α-hetero) is 1. The Kier molecular flexibility index (Phi) is 6.95. The summed E-state index contributed by atoms with van der Waals surface area (Å²) in [7, 11) is 7.51. The normalized spacial score (nSPS) is 23.5. The van der Waals surface area contributed by atoms with Gasteiger partial charge in [-0.05, 0) is 30.6 Å². The number of carbonyl (C=O) groups is 2. The van der Waals surface area contributed by atoms with Crippen LogP contribution in [0, 0.1) is 11.8 Å². The first-order chi connectivity index (χ1) is 15.7. The predicted molar refractivity (Wildman–Crippen MR) is 120 cm³/mol. The quantitative estimate of drug-likeness (QED) is 0.591. The highest BCUT2D eigenvalue weighted by molar-refractivity contribution is 6.07. The van der Waals surface area contributed by atoms with Gasteiger partial charge < -0.3 is 28.4 Å². The number of hydrogen-bond acceptors (Lipinski definition) is 8. The first-order valence-corrected chi connectivity index (χ1v) is 10.8. The van der Waals surface area contributed by atoms with Gasteiger partial charge >= 0.3 is 5.97 Å². The number of hydrogen-bond donors (Lipinski definition) is 0. The molecule has 3 rings (SSSR count). The molecule has 0 aliphatic heterocycles. The smallest absolute Gasteiger partial charge is 0.303 e. The molecule has 0 unspecified atom stereocenters. The van der Waals surface area contributed by atoms with Crippen LogP contribution in [0.5, 0.6) is 17.2 Å². The van der Waals surface area contributed by atoms with E-state index in [-0.39, 0.29) is 29.1 Å². The lowest BCUT2D eigenvalue weighted by molar-refractivity contribution is -0.150. The van der Waals surface area contributed by atoms with E-state index in [0.717, 1.165) is 0 Å². The molecule has 0 N–H and O–H groups in total. The molecule has 0 aromatic heterocycles. The lowest BCUT2D eigenvalue weighted by Crippen LogP contribution is -2.32. The molecule has 0 amide bonds. The van der Waals surface area contributed by atoms with Crippen molar-refractivity contribution < 1.29 is 38.0 Å². The third-order valence-corrected chi connectivity index (χ3v) is 6.63. The third kappa shape index (κ3) is 4.03. The lowest BCUT2D eigenvalue weighted by Gasteiger charge is -2.35. The fraction of sp³-hybridized carbons (Fsp3) is 0.520. The van der Waals surface area contributed by atoms with E-state index in [4.69, 9.17) is 28.4 Å². The SMILES string of the molecule is COC1=CC2(C=C(OC)C1=O)C[C@@H](C)[C@H](C)[C@H](OC(C)=O)c1cc(OC)c(OC)c(OC)c12. The van der Waals surface area contributed by atoms with E-state index < -0.39 is 17.5 Å². The van der Waals surface area contributed by atoms with Crippen LogP contribution in [0.1, 0.15) is 44.4 Å². The van der Waals surface area contributed by atoms with Gasteiger partial charge in [-0.25, -0.2) is 0 Å². The number of ether oxygens (including phenoxy) is 6. The van der Waals surface area contributed by atoms with Crippen LogP contribution in [0.4, 0.5) is 0 Å². The van der Waals surface area contributed by atoms with Crippen LogP contribution in [0.25, 0.3) is 0 Å². The van der Waals surface area contributed by atoms with Gasteiger partial charge in [0.1, 0.15) is 6.10 Å². The van der Waals surface area contributed by atoms with Crippen LogP contribution in [0.2, 0.25) is 0 Å². The van der Waals surface area contributed by atoms with E-state index in [1.165, 1.54) is 35.4 Å². The van der Waals surface area contributed by atoms with Crippen LogP contribution >= 0.6 is 0 Å². The molecular weight excluding hydrogens is 428 g/mol. The molecule has 0 radical (unpaired) electrons. The molecule has 180 valence electrons. The number of benzene rings is 1. The molecule has 0 heterocycles. The fourth-order valence-corrected chi connectivity index (χ4v) is 4.96. The van der Waals surface area contributed by atoms with Crippen LogP contribution < -0.4 is 14.2 Å². The topological polar surface area (TPSA) is 89.5 Å². The van der Waals surface area contributed by atoms with Crippen molar-refractivity contribution in [3.63, 3.8) is 0 Å². The molecule has 1 spiro atoms. The molecule has 1 aromatic rings. The highest BCUT2D eigenvalue weighted by Gasteiger charge is 2.48. The van der Waals surface area contributed by atoms with Crippen LogP contribution in [0.15, 0.2) is 29.7 Å². The molecule has 2 aliphatic rings. The fourth-order valence-electron chi connectivity index (χ4n) is 4.96. The van der Waals surface area contributed by atoms with E-state index in [2.05, 4.69) is 6.92 Å². The largest absolute Gasteiger partial charge is 0.493 e. The summed E-state index contributed by atoms with van der Waals surface area (Å²) in [5.74, 6) is 0.901. The number of allylic oxidation sites excluding steroid dienone is 2. The molecule has 2 aliphatic carbocycles. The Morgan fingerprint density at radius 2 is 1.48 bits per heavy atom. The average molecular weight is 461 g/mol. The monoisotopic (exact) mass is 460 g/mol. The second-order valence-electron chi connectivity index (χ2n) is 8.48. The highest BCUT2D eigenvalue weighted by atomic mass is 16.5. The van der Waals surface area contributed by atoms with Gasteiger partial charge in [-0.3, -0.25) is 9.59 Å². The average Bonchev–Trinajstić information content (AvgIpc) is 2.88. The van der Waals surface area contributed by atoms with E-state index in [0.29, 0.717) is 34.8 Å². The van der Waals surface area contributed by atoms with Crippen molar-refractivity contribution in [3.05, 3.63) is 40.9 Å². The van der Waals surface area contributed by atoms with Crippen molar-refractivity contribution in [2.24, 2.45) is 11.8 Å². The highest BCUT2D eigenvalue weighted by Crippen LogP contribution is 2.57. The van der Waals surface area contributed by atoms with Crippen LogP contribution in [0.3, 0.4) is 0 Å². The molecule has 1 aromatic carbocycles. The summed E-state index contributed by atoms with van der Waals surface area (Å²) >= 11 is 0. The first kappa shape index (κ1) is 24.5. The third-order valence-electron chi connectivity index (χ3n) is 6.63. The van der Waals surface area contributed by atoms with Crippen molar-refractivity contribution in [1.29, 1.82) is 0 Å². The summed E-state index contributed by atoms with van der Waals surface area (Å²) in [6.45, 7) is 5.52. The van der Waals surface area contributed by atoms with Gasteiger partial charge in [-0.2, -0.15) is 0 Å². The van der Waals surface area contributed by atoms with E-state index >= 15 is 0 Å². The van der Waals surface area contributed by atoms with Crippen molar-refractivity contribution >= 4 is 11.8 Å². The summed E-state index contributed by atoms with van der Waals surface area (Å²) in [5, 5.41) is 0. The molecule has 8 nitrogen and oxygen atoms in total. The van der Waals surface area contributed by atoms with Gasteiger partial charge in [0.25, 0.3) is 5.78 Å². The molecule has 0 saturated heterocycles. The molecule has 0 saturated carbocycles. The molecule has 33 heavy (non-hydrogen) atoms. The number of esters is 1. The molecule has 0 fully saturated rings. The number of rotatable bonds is 6. The van der Waals surface area contributed by atoms with Crippen molar-refractivity contribution in [2.45, 2.75) is 38.7 Å². The Labute approximate surface area is 194 Å². The van der Waals surface area contributed by atoms with E-state index in [1.807, 2.05) is 13.0 Å². The Balaban J connectivity index is 2.50. The van der Waals surface area contributed by atoms with Gasteiger partial charge in [0.05, 0.1) is 35.5 Å². The molecule has 0 bridgehead atoms. The second kappa shape index (κ2) is 9.37. The standard InChI is InChI=1S/C25H32O8/c1-13-10-25(11-18(29-5)21(27)19(12-25)30-6)20-16(22(14(13)2)33-15(3)26)9-17(28-4)23(31-7)24(20)32-8/h9,11-14,22H,10H2,1-8H3/t13-,14+,22+/m1/s1. The predicted octanol–water partition coefficient (Wildman–Crippen LogP) is 3.87. The zero-order chi connectivity index (χ0) is 24.5. The lowest BCUT2D eigenvalue weighted by atomic mass is 9.70. The Morgan fingerprint density at radius 3 is 1.94 bits per heavy atom. The number of fused-ring (bicyclic) bond motifs is 2. The number of carbonyl (C=O) groups excluding carboxylic acids is 2. The molecular formula is C25H32O8. The van der Waals surface area contributed by atoms with Gasteiger partial charge in [0.15, 0.2) is 23.0 Å². The molecule has 3 atom stereocenters. The maximum absolute atomic E-state index is 12.8. The van der Waals surface area contributed by atoms with E-state index in [1.54, 1.807) is 19.3 Å². The summed E-state index contributed by atoms with van der Waals surface area (Å²) in [6, 6.07) is 1.82. The number of methoxy groups -OCH3 is 5. The zero-order valence-corrected chi connectivity index (χ0v) is 20.4. The first-order valence-electron chi connectivity index (χ1n) is 10.8. The summed E-state index contributed by atoms with van der Waals surface area (Å²) in [6.07, 6.45) is 3.60. The Bertz CT molecular complexity index is 982. The van der Waals surface area contributed by atoms with Gasteiger partial charge in [0.2, 0.25) is 5.75 Å². The van der Waals surface area contributed by atoms with Crippen LogP contribution in [-0.2, 0) is 29.2 Å². The van der Waals surface area contributed by atoms with Crippen molar-refractivity contribution in [1.82, 2.24) is 0 Å². The zero-order valence-electron chi connectivity index (χ0n) is 20.4. The second-order valence-corrected chi connectivity index (χ2v) is 8.48. The van der Waals surface area contributed by atoms with Crippen LogP contribution in [-0.4, -0.2) is 47.3 Å². The van der Waals surface area contributed by atoms with Crippen molar-refractivity contribution in [2.75, 3.05) is 35.5 Å². The minimum atomic E-state index is -0.854. The maximum atomic E-state index is 12.8. The van der Waals surface area contributed by atoms with Gasteiger partial charge in [0, 0.05) is 29.4 Å². The summed E-state index contributed by atoms with van der Waals surface area (Å²) in [4.78, 5) is 24.9. The molecule has 8 heteroatoms. The summed E-state index contributed by atoms with van der Waals surface area (Å²) < 4.78 is 33.9. The van der Waals surface area contributed by atoms with E-state index in [9.17, 15) is 9.59 Å². The Hall–Kier alpha value is -3.16. The Morgan fingerprint density at radius 1 is 0.909 bits per heavy atom. The van der Waals surface area contributed by atoms with Gasteiger partial charge in [-0.1, -0.05) is 13.8 Å². The van der Waals surface area contributed by atoms with Crippen molar-refractivity contribution in [3.8, 4) is 17.2 Å². The minimum Gasteiger partial charge on any atom is -0.493 e. The van der Waals surface area contributed by atoms with Gasteiger partial charge in [-0.15, -0.1) is 0 Å². The minimum absolute atomic E-state index is 0.0498. The summed E-state index contributed by atoms with van der Waals surface area (Å²) in [5.41, 5.74) is 0.568.